The van der Waals surface area contributed by atoms with E-state index >= 15 is 0 Å². The van der Waals surface area contributed by atoms with Crippen LogP contribution in [0.5, 0.6) is 0 Å². The number of rotatable bonds is 5. The van der Waals surface area contributed by atoms with Crippen molar-refractivity contribution in [3.8, 4) is 16.8 Å². The molecule has 0 amide bonds. The molecule has 0 saturated carbocycles. The molecule has 0 N–H and O–H groups in total. The van der Waals surface area contributed by atoms with Crippen LogP contribution in [0.1, 0.15) is 0 Å². The van der Waals surface area contributed by atoms with Crippen LogP contribution >= 0.6 is 0 Å². The molecule has 248 valence electrons. The Bertz CT molecular complexity index is 3170. The van der Waals surface area contributed by atoms with E-state index in [1.807, 2.05) is 0 Å². The molecule has 0 spiro atoms. The first kappa shape index (κ1) is 30.3. The number of hydrogen-bond donors (Lipinski definition) is 0. The van der Waals surface area contributed by atoms with Gasteiger partial charge in [-0.3, -0.25) is 0 Å². The Morgan fingerprint density at radius 1 is 0.358 bits per heavy atom. The molecule has 2 aromatic heterocycles. The molecule has 2 nitrogen and oxygen atoms in total. The van der Waals surface area contributed by atoms with Crippen molar-refractivity contribution >= 4 is 94.2 Å². The van der Waals surface area contributed by atoms with Gasteiger partial charge in [0.05, 0.1) is 5.52 Å². The first-order chi connectivity index (χ1) is 26.3. The van der Waals surface area contributed by atoms with Crippen molar-refractivity contribution < 1.29 is 0 Å². The Balaban J connectivity index is 1.10. The number of aromatic nitrogens is 1. The molecule has 0 atom stereocenters. The van der Waals surface area contributed by atoms with Crippen LogP contribution < -0.4 is 4.90 Å². The summed E-state index contributed by atoms with van der Waals surface area (Å²) in [4.78, 5) is 2.46. The molecular formula is C50H32N2Se. The summed E-state index contributed by atoms with van der Waals surface area (Å²) in [6.45, 7) is 0. The molecule has 0 unspecified atom stereocenters. The van der Waals surface area contributed by atoms with Gasteiger partial charge in [0.25, 0.3) is 0 Å². The third-order valence-corrected chi connectivity index (χ3v) is 13.2. The maximum absolute atomic E-state index is 2.46. The number of para-hydroxylation sites is 2. The minimum Gasteiger partial charge on any atom is -0.0602 e. The maximum atomic E-state index is 2.46. The van der Waals surface area contributed by atoms with Gasteiger partial charge in [-0.2, -0.15) is 0 Å². The van der Waals surface area contributed by atoms with Crippen molar-refractivity contribution in [2.75, 3.05) is 4.90 Å². The molecule has 0 aliphatic carbocycles. The van der Waals surface area contributed by atoms with Crippen LogP contribution in [0.3, 0.4) is 0 Å². The number of fused-ring (bicyclic) bond motifs is 9. The van der Waals surface area contributed by atoms with Crippen LogP contribution in [0.15, 0.2) is 194 Å². The normalized spacial score (nSPS) is 11.8. The van der Waals surface area contributed by atoms with E-state index in [1.54, 1.807) is 0 Å². The van der Waals surface area contributed by atoms with E-state index in [9.17, 15) is 0 Å². The van der Waals surface area contributed by atoms with Gasteiger partial charge in [-0.1, -0.05) is 36.4 Å². The van der Waals surface area contributed by atoms with Gasteiger partial charge in [-0.05, 0) is 18.2 Å². The van der Waals surface area contributed by atoms with E-state index in [-0.39, 0.29) is 0 Å². The second kappa shape index (κ2) is 12.1. The monoisotopic (exact) mass is 740 g/mol. The fraction of sp³-hybridized carbons (Fsp3) is 0. The average molecular weight is 740 g/mol. The molecule has 3 heteroatoms. The number of anilines is 3. The van der Waals surface area contributed by atoms with Gasteiger partial charge in [-0.25, -0.2) is 0 Å². The van der Waals surface area contributed by atoms with Gasteiger partial charge in [0.2, 0.25) is 0 Å². The summed E-state index contributed by atoms with van der Waals surface area (Å²) in [6.07, 6.45) is 0. The van der Waals surface area contributed by atoms with Gasteiger partial charge in [0, 0.05) is 16.5 Å². The first-order valence-corrected chi connectivity index (χ1v) is 19.8. The van der Waals surface area contributed by atoms with Crippen molar-refractivity contribution in [1.82, 2.24) is 4.57 Å². The first-order valence-electron chi connectivity index (χ1n) is 18.1. The van der Waals surface area contributed by atoms with E-state index in [0.29, 0.717) is 14.5 Å². The molecule has 2 heterocycles. The summed E-state index contributed by atoms with van der Waals surface area (Å²) in [7, 11) is 0. The van der Waals surface area contributed by atoms with E-state index in [2.05, 4.69) is 204 Å². The van der Waals surface area contributed by atoms with Crippen molar-refractivity contribution in [3.63, 3.8) is 0 Å². The standard InChI is InChI=1S/C50H32N2Se/c1-2-13-36(14-3-1)52-46-20-10-8-18-42(46)43-28-24-34(30-48(43)52)33-22-25-37(26-23-33)51(38-27-29-50-45(32-38)44-19-9-11-21-49(44)53-50)47-31-35-12-4-5-15-39(35)40-16-6-7-17-41(40)47/h1-32H. The molecule has 53 heavy (non-hydrogen) atoms. The van der Waals surface area contributed by atoms with E-state index < -0.39 is 0 Å². The van der Waals surface area contributed by atoms with Gasteiger partial charge < -0.3 is 4.57 Å². The minimum absolute atomic E-state index is 0.319. The Morgan fingerprint density at radius 2 is 0.981 bits per heavy atom. The van der Waals surface area contributed by atoms with E-state index in [0.717, 1.165) is 5.69 Å². The zero-order chi connectivity index (χ0) is 34.9. The Kier molecular flexibility index (Phi) is 6.91. The molecule has 0 aliphatic heterocycles. The topological polar surface area (TPSA) is 8.17 Å². The van der Waals surface area contributed by atoms with Gasteiger partial charge in [0.1, 0.15) is 0 Å². The van der Waals surface area contributed by atoms with Gasteiger partial charge in [-0.15, -0.1) is 0 Å². The molecule has 11 aromatic rings. The Morgan fingerprint density at radius 3 is 1.83 bits per heavy atom. The molecule has 0 saturated heterocycles. The summed E-state index contributed by atoms with van der Waals surface area (Å²) in [6, 6.07) is 71.4. The number of hydrogen-bond acceptors (Lipinski definition) is 1. The summed E-state index contributed by atoms with van der Waals surface area (Å²) in [5.74, 6) is 0. The number of nitrogens with zero attached hydrogens (tertiary/aromatic N) is 2. The quantitative estimate of drug-likeness (QED) is 0.126. The molecule has 0 radical (unpaired) electrons. The van der Waals surface area contributed by atoms with Crippen molar-refractivity contribution in [1.29, 1.82) is 0 Å². The molecule has 9 aromatic carbocycles. The third-order valence-electron chi connectivity index (χ3n) is 10.8. The van der Waals surface area contributed by atoms with E-state index in [1.165, 1.54) is 90.8 Å². The molecule has 11 rings (SSSR count). The van der Waals surface area contributed by atoms with E-state index in [4.69, 9.17) is 0 Å². The fourth-order valence-electron chi connectivity index (χ4n) is 8.31. The second-order valence-electron chi connectivity index (χ2n) is 13.7. The molecule has 0 fully saturated rings. The van der Waals surface area contributed by atoms with Crippen LogP contribution in [-0.2, 0) is 0 Å². The smallest absolute Gasteiger partial charge is 0.0602 e. The molecule has 0 bridgehead atoms. The van der Waals surface area contributed by atoms with Gasteiger partial charge in [0.15, 0.2) is 0 Å². The Labute approximate surface area is 313 Å². The predicted octanol–water partition coefficient (Wildman–Crippen LogP) is 13.6. The third kappa shape index (κ3) is 4.86. The van der Waals surface area contributed by atoms with Crippen LogP contribution in [0.2, 0.25) is 0 Å². The molecular weight excluding hydrogens is 708 g/mol. The average Bonchev–Trinajstić information content (AvgIpc) is 3.77. The zero-order valence-electron chi connectivity index (χ0n) is 28.8. The van der Waals surface area contributed by atoms with Crippen LogP contribution in [0.4, 0.5) is 17.1 Å². The predicted molar refractivity (Wildman–Crippen MR) is 228 cm³/mol. The summed E-state index contributed by atoms with van der Waals surface area (Å²) in [5, 5.41) is 10.3. The van der Waals surface area contributed by atoms with Crippen molar-refractivity contribution in [2.24, 2.45) is 0 Å². The SMILES string of the molecule is c1ccc(-n2c3ccccc3c3ccc(-c4ccc(N(c5ccc6[se]c7ccccc7c6c5)c5cc6ccccc6c6ccccc56)cc4)cc32)cc1. The van der Waals surface area contributed by atoms with Gasteiger partial charge >= 0.3 is 233 Å². The van der Waals surface area contributed by atoms with Crippen LogP contribution in [-0.4, -0.2) is 19.1 Å². The van der Waals surface area contributed by atoms with Crippen LogP contribution in [0.25, 0.3) is 79.5 Å². The van der Waals surface area contributed by atoms with Crippen molar-refractivity contribution in [2.45, 2.75) is 0 Å². The second-order valence-corrected chi connectivity index (χ2v) is 16.0. The summed E-state index contributed by atoms with van der Waals surface area (Å²) < 4.78 is 5.30. The number of benzene rings is 9. The van der Waals surface area contributed by atoms with Crippen molar-refractivity contribution in [3.05, 3.63) is 194 Å². The summed E-state index contributed by atoms with van der Waals surface area (Å²) >= 11 is 0.319. The fourth-order valence-corrected chi connectivity index (χ4v) is 10.6. The zero-order valence-corrected chi connectivity index (χ0v) is 30.5. The van der Waals surface area contributed by atoms with Crippen LogP contribution in [0, 0.1) is 0 Å². The minimum atomic E-state index is 0.319. The molecule has 0 aliphatic rings. The Hall–Kier alpha value is -6.38. The summed E-state index contributed by atoms with van der Waals surface area (Å²) in [5.41, 5.74) is 9.46.